The minimum atomic E-state index is -0.568. The number of aromatic nitrogens is 1. The van der Waals surface area contributed by atoms with E-state index in [0.717, 1.165) is 12.8 Å². The van der Waals surface area contributed by atoms with Gasteiger partial charge in [-0.3, -0.25) is 9.59 Å². The van der Waals surface area contributed by atoms with Crippen LogP contribution < -0.4 is 10.9 Å². The topological polar surface area (TPSA) is 60.3 Å². The van der Waals surface area contributed by atoms with Gasteiger partial charge in [-0.25, -0.2) is 4.39 Å². The molecule has 132 valence electrons. The molecule has 3 rings (SSSR count). The third kappa shape index (κ3) is 4.14. The van der Waals surface area contributed by atoms with E-state index in [0.29, 0.717) is 24.5 Å². The van der Waals surface area contributed by atoms with Crippen molar-refractivity contribution in [2.45, 2.75) is 26.3 Å². The molecule has 0 saturated carbocycles. The number of pyridine rings is 1. The lowest BCUT2D eigenvalue weighted by Gasteiger charge is -2.31. The molecular weight excluding hydrogens is 323 g/mol. The van der Waals surface area contributed by atoms with Gasteiger partial charge < -0.3 is 14.6 Å². The van der Waals surface area contributed by atoms with Gasteiger partial charge in [0.25, 0.3) is 5.56 Å². The molecule has 1 aromatic heterocycles. The van der Waals surface area contributed by atoms with Crippen molar-refractivity contribution >= 4 is 11.6 Å². The lowest BCUT2D eigenvalue weighted by atomic mass is 9.84. The van der Waals surface area contributed by atoms with E-state index in [-0.39, 0.29) is 23.8 Å². The third-order valence-electron chi connectivity index (χ3n) is 4.47. The number of nitrogens with zero attached hydrogens (tertiary/aromatic N) is 1. The van der Waals surface area contributed by atoms with Crippen molar-refractivity contribution in [3.8, 4) is 0 Å². The molecule has 1 N–H and O–H groups in total. The summed E-state index contributed by atoms with van der Waals surface area (Å²) >= 11 is 0. The normalized spacial score (nSPS) is 20.2. The molecule has 2 heterocycles. The first-order valence-electron chi connectivity index (χ1n) is 8.30. The van der Waals surface area contributed by atoms with Gasteiger partial charge in [-0.15, -0.1) is 0 Å². The lowest BCUT2D eigenvalue weighted by Crippen LogP contribution is -2.40. The van der Waals surface area contributed by atoms with Crippen molar-refractivity contribution in [3.05, 3.63) is 64.3 Å². The van der Waals surface area contributed by atoms with E-state index in [1.54, 1.807) is 24.4 Å². The van der Waals surface area contributed by atoms with E-state index in [4.69, 9.17) is 4.74 Å². The van der Waals surface area contributed by atoms with E-state index in [1.165, 1.54) is 22.8 Å². The predicted octanol–water partition coefficient (Wildman–Crippen LogP) is 2.79. The number of ether oxygens (including phenoxy) is 1. The minimum absolute atomic E-state index is 0.122. The van der Waals surface area contributed by atoms with Crippen LogP contribution in [0.3, 0.4) is 0 Å². The maximum absolute atomic E-state index is 13.3. The largest absolute Gasteiger partial charge is 0.380 e. The maximum atomic E-state index is 13.3. The summed E-state index contributed by atoms with van der Waals surface area (Å²) in [5.41, 5.74) is 0.433. The van der Waals surface area contributed by atoms with Gasteiger partial charge in [0.2, 0.25) is 5.91 Å². The van der Waals surface area contributed by atoms with Gasteiger partial charge in [0.15, 0.2) is 0 Å². The number of anilines is 1. The molecule has 25 heavy (non-hydrogen) atoms. The third-order valence-corrected chi connectivity index (χ3v) is 4.47. The van der Waals surface area contributed by atoms with Crippen molar-refractivity contribution in [2.75, 3.05) is 18.5 Å². The van der Waals surface area contributed by atoms with Gasteiger partial charge in [-0.1, -0.05) is 12.1 Å². The first kappa shape index (κ1) is 17.4. The van der Waals surface area contributed by atoms with Crippen molar-refractivity contribution < 1.29 is 13.9 Å². The van der Waals surface area contributed by atoms with E-state index in [2.05, 4.69) is 5.32 Å². The molecule has 1 aliphatic heterocycles. The Balaban J connectivity index is 1.77. The zero-order valence-corrected chi connectivity index (χ0v) is 14.1. The van der Waals surface area contributed by atoms with Crippen LogP contribution in [0.1, 0.15) is 25.3 Å². The first-order chi connectivity index (χ1) is 12.0. The Morgan fingerprint density at radius 2 is 2.20 bits per heavy atom. The fraction of sp³-hybridized carbons (Fsp3) is 0.368. The molecule has 1 fully saturated rings. The monoisotopic (exact) mass is 344 g/mol. The number of rotatable bonds is 4. The summed E-state index contributed by atoms with van der Waals surface area (Å²) in [7, 11) is 0. The fourth-order valence-electron chi connectivity index (χ4n) is 2.96. The van der Waals surface area contributed by atoms with E-state index < -0.39 is 5.41 Å². The lowest BCUT2D eigenvalue weighted by molar-refractivity contribution is -0.131. The van der Waals surface area contributed by atoms with Crippen LogP contribution in [0.2, 0.25) is 0 Å². The Morgan fingerprint density at radius 1 is 1.36 bits per heavy atom. The minimum Gasteiger partial charge on any atom is -0.380 e. The van der Waals surface area contributed by atoms with Gasteiger partial charge in [-0.05, 0) is 43.5 Å². The number of nitrogens with one attached hydrogen (secondary N) is 1. The highest BCUT2D eigenvalue weighted by Gasteiger charge is 2.35. The zero-order chi connectivity index (χ0) is 17.9. The molecule has 6 heteroatoms. The highest BCUT2D eigenvalue weighted by atomic mass is 19.1. The molecule has 1 aliphatic rings. The van der Waals surface area contributed by atoms with Gasteiger partial charge in [-0.2, -0.15) is 0 Å². The average Bonchev–Trinajstić information content (AvgIpc) is 2.58. The number of hydrogen-bond donors (Lipinski definition) is 1. The van der Waals surface area contributed by atoms with Crippen LogP contribution in [0.4, 0.5) is 10.1 Å². The SMILES string of the molecule is CC1(C(=O)Nc2ccc(=O)n(Cc3cccc(F)c3)c2)CCCOC1. The average molecular weight is 344 g/mol. The van der Waals surface area contributed by atoms with Crippen LogP contribution in [0.15, 0.2) is 47.4 Å². The second-order valence-corrected chi connectivity index (χ2v) is 6.68. The molecular formula is C19H21FN2O3. The van der Waals surface area contributed by atoms with E-state index in [9.17, 15) is 14.0 Å². The van der Waals surface area contributed by atoms with Crippen LogP contribution in [0, 0.1) is 11.2 Å². The Bertz CT molecular complexity index is 825. The number of hydrogen-bond acceptors (Lipinski definition) is 3. The van der Waals surface area contributed by atoms with Crippen LogP contribution in [-0.4, -0.2) is 23.7 Å². The standard InChI is InChI=1S/C19H21FN2O3/c1-19(8-3-9-25-13-19)18(24)21-16-6-7-17(23)22(12-16)11-14-4-2-5-15(20)10-14/h2,4-7,10,12H,3,8-9,11,13H2,1H3,(H,21,24). The molecule has 1 amide bonds. The number of amides is 1. The fourth-order valence-corrected chi connectivity index (χ4v) is 2.96. The number of halogens is 1. The molecule has 1 unspecified atom stereocenters. The summed E-state index contributed by atoms with van der Waals surface area (Å²) in [4.78, 5) is 24.6. The second-order valence-electron chi connectivity index (χ2n) is 6.68. The molecule has 1 atom stereocenters. The number of benzene rings is 1. The molecule has 1 aromatic carbocycles. The Hall–Kier alpha value is -2.47. The molecule has 0 bridgehead atoms. The Labute approximate surface area is 145 Å². The summed E-state index contributed by atoms with van der Waals surface area (Å²) in [6, 6.07) is 9.07. The van der Waals surface area contributed by atoms with Crippen LogP contribution in [0.25, 0.3) is 0 Å². The summed E-state index contributed by atoms with van der Waals surface area (Å²) in [5, 5.41) is 2.86. The van der Waals surface area contributed by atoms with Crippen LogP contribution >= 0.6 is 0 Å². The number of carbonyl (C=O) groups excluding carboxylic acids is 1. The van der Waals surface area contributed by atoms with E-state index >= 15 is 0 Å². The smallest absolute Gasteiger partial charge is 0.250 e. The Morgan fingerprint density at radius 3 is 2.92 bits per heavy atom. The van der Waals surface area contributed by atoms with Gasteiger partial charge in [0.1, 0.15) is 5.82 Å². The molecule has 0 aliphatic carbocycles. The molecule has 5 nitrogen and oxygen atoms in total. The molecule has 0 spiro atoms. The first-order valence-corrected chi connectivity index (χ1v) is 8.30. The highest BCUT2D eigenvalue weighted by Crippen LogP contribution is 2.29. The summed E-state index contributed by atoms with van der Waals surface area (Å²) in [6.07, 6.45) is 3.20. The van der Waals surface area contributed by atoms with Crippen molar-refractivity contribution in [1.29, 1.82) is 0 Å². The predicted molar refractivity (Wildman–Crippen MR) is 93.0 cm³/mol. The molecule has 1 saturated heterocycles. The summed E-state index contributed by atoms with van der Waals surface area (Å²) in [6.45, 7) is 3.19. The summed E-state index contributed by atoms with van der Waals surface area (Å²) < 4.78 is 20.2. The number of carbonyl (C=O) groups is 1. The van der Waals surface area contributed by atoms with Crippen molar-refractivity contribution in [3.63, 3.8) is 0 Å². The highest BCUT2D eigenvalue weighted by molar-refractivity contribution is 5.95. The summed E-state index contributed by atoms with van der Waals surface area (Å²) in [5.74, 6) is -0.469. The van der Waals surface area contributed by atoms with Gasteiger partial charge in [0, 0.05) is 18.9 Å². The van der Waals surface area contributed by atoms with Gasteiger partial charge >= 0.3 is 0 Å². The second kappa shape index (κ2) is 7.19. The molecule has 2 aromatic rings. The zero-order valence-electron chi connectivity index (χ0n) is 14.1. The van der Waals surface area contributed by atoms with E-state index in [1.807, 2.05) is 6.92 Å². The van der Waals surface area contributed by atoms with Gasteiger partial charge in [0.05, 0.1) is 24.3 Å². The molecule has 0 radical (unpaired) electrons. The van der Waals surface area contributed by atoms with Crippen molar-refractivity contribution in [1.82, 2.24) is 4.57 Å². The Kier molecular flexibility index (Phi) is 4.99. The quantitative estimate of drug-likeness (QED) is 0.928. The van der Waals surface area contributed by atoms with Crippen LogP contribution in [0.5, 0.6) is 0 Å². The van der Waals surface area contributed by atoms with Crippen molar-refractivity contribution in [2.24, 2.45) is 5.41 Å². The maximum Gasteiger partial charge on any atom is 0.250 e. The van der Waals surface area contributed by atoms with Crippen LogP contribution in [-0.2, 0) is 16.1 Å².